The third-order valence-electron chi connectivity index (χ3n) is 2.55. The van der Waals surface area contributed by atoms with Gasteiger partial charge in [-0.05, 0) is 24.1 Å². The Bertz CT molecular complexity index is 343. The average molecular weight is 204 g/mol. The van der Waals surface area contributed by atoms with Crippen LogP contribution in [0.3, 0.4) is 0 Å². The number of aliphatic imine (C=N–C) groups is 1. The van der Waals surface area contributed by atoms with Crippen LogP contribution in [0.4, 0.5) is 0 Å². The standard InChI is InChI=1S/C12H16N2O/c1-15-11-5-2-10(3-6-11)4-7-12-13-8-9-14-12/h2-3,5-6H,4,7-9H2,1H3,(H,13,14). The maximum Gasteiger partial charge on any atom is 0.118 e. The van der Waals surface area contributed by atoms with Crippen LogP contribution in [0.1, 0.15) is 12.0 Å². The number of nitrogens with zero attached hydrogens (tertiary/aromatic N) is 1. The lowest BCUT2D eigenvalue weighted by atomic mass is 10.1. The minimum Gasteiger partial charge on any atom is -0.497 e. The Morgan fingerprint density at radius 2 is 2.07 bits per heavy atom. The summed E-state index contributed by atoms with van der Waals surface area (Å²) in [7, 11) is 1.69. The minimum atomic E-state index is 0.912. The first-order chi connectivity index (χ1) is 7.38. The lowest BCUT2D eigenvalue weighted by molar-refractivity contribution is 0.414. The molecule has 0 aromatic heterocycles. The molecule has 0 fully saturated rings. The molecule has 80 valence electrons. The zero-order valence-electron chi connectivity index (χ0n) is 8.99. The highest BCUT2D eigenvalue weighted by molar-refractivity contribution is 5.83. The molecule has 0 spiro atoms. The number of aryl methyl sites for hydroxylation is 1. The van der Waals surface area contributed by atoms with E-state index in [1.54, 1.807) is 7.11 Å². The molecule has 0 unspecified atom stereocenters. The predicted molar refractivity (Wildman–Crippen MR) is 61.6 cm³/mol. The Hall–Kier alpha value is -1.51. The smallest absolute Gasteiger partial charge is 0.118 e. The molecule has 0 aliphatic carbocycles. The van der Waals surface area contributed by atoms with Crippen molar-refractivity contribution < 1.29 is 4.74 Å². The number of ether oxygens (including phenoxy) is 1. The van der Waals surface area contributed by atoms with Crippen molar-refractivity contribution in [2.75, 3.05) is 20.2 Å². The summed E-state index contributed by atoms with van der Waals surface area (Å²) in [6, 6.07) is 8.21. The molecule has 0 atom stereocenters. The second-order valence-corrected chi connectivity index (χ2v) is 3.60. The van der Waals surface area contributed by atoms with Gasteiger partial charge in [0.25, 0.3) is 0 Å². The Kier molecular flexibility index (Phi) is 3.22. The Morgan fingerprint density at radius 3 is 2.67 bits per heavy atom. The number of methoxy groups -OCH3 is 1. The van der Waals surface area contributed by atoms with Crippen molar-refractivity contribution >= 4 is 5.84 Å². The second kappa shape index (κ2) is 4.82. The zero-order valence-corrected chi connectivity index (χ0v) is 8.99. The molecule has 1 aromatic carbocycles. The molecule has 0 saturated heterocycles. The molecule has 1 aromatic rings. The van der Waals surface area contributed by atoms with Crippen molar-refractivity contribution in [2.24, 2.45) is 4.99 Å². The number of hydrogen-bond acceptors (Lipinski definition) is 3. The summed E-state index contributed by atoms with van der Waals surface area (Å²) in [5.74, 6) is 2.06. The molecule has 0 saturated carbocycles. The van der Waals surface area contributed by atoms with Gasteiger partial charge in [0.05, 0.1) is 19.5 Å². The molecule has 1 heterocycles. The molecule has 2 rings (SSSR count). The fourth-order valence-corrected chi connectivity index (χ4v) is 1.67. The topological polar surface area (TPSA) is 33.6 Å². The van der Waals surface area contributed by atoms with E-state index in [9.17, 15) is 0 Å². The van der Waals surface area contributed by atoms with E-state index in [1.165, 1.54) is 5.56 Å². The first kappa shape index (κ1) is 10.0. The highest BCUT2D eigenvalue weighted by Crippen LogP contribution is 2.12. The van der Waals surface area contributed by atoms with E-state index in [1.807, 2.05) is 12.1 Å². The van der Waals surface area contributed by atoms with Crippen LogP contribution in [0, 0.1) is 0 Å². The van der Waals surface area contributed by atoms with Gasteiger partial charge in [-0.25, -0.2) is 0 Å². The Labute approximate surface area is 90.2 Å². The van der Waals surface area contributed by atoms with Crippen LogP contribution in [-0.2, 0) is 6.42 Å². The third kappa shape index (κ3) is 2.72. The van der Waals surface area contributed by atoms with E-state index in [2.05, 4.69) is 22.4 Å². The van der Waals surface area contributed by atoms with Gasteiger partial charge >= 0.3 is 0 Å². The van der Waals surface area contributed by atoms with Gasteiger partial charge in [-0.2, -0.15) is 0 Å². The van der Waals surface area contributed by atoms with Gasteiger partial charge in [0.2, 0.25) is 0 Å². The van der Waals surface area contributed by atoms with Gasteiger partial charge in [0, 0.05) is 13.0 Å². The summed E-state index contributed by atoms with van der Waals surface area (Å²) in [4.78, 5) is 4.37. The first-order valence-electron chi connectivity index (χ1n) is 5.28. The molecule has 0 bridgehead atoms. The van der Waals surface area contributed by atoms with E-state index in [0.717, 1.165) is 37.5 Å². The molecule has 3 heteroatoms. The number of hydrogen-bond donors (Lipinski definition) is 1. The fourth-order valence-electron chi connectivity index (χ4n) is 1.67. The van der Waals surface area contributed by atoms with Crippen molar-refractivity contribution in [2.45, 2.75) is 12.8 Å². The SMILES string of the molecule is COc1ccc(CCC2=NCCN2)cc1. The van der Waals surface area contributed by atoms with E-state index in [0.29, 0.717) is 0 Å². The second-order valence-electron chi connectivity index (χ2n) is 3.60. The van der Waals surface area contributed by atoms with Crippen molar-refractivity contribution in [1.82, 2.24) is 5.32 Å². The number of rotatable bonds is 4. The van der Waals surface area contributed by atoms with Crippen molar-refractivity contribution in [3.63, 3.8) is 0 Å². The van der Waals surface area contributed by atoms with Gasteiger partial charge in [0.15, 0.2) is 0 Å². The van der Waals surface area contributed by atoms with Gasteiger partial charge < -0.3 is 10.1 Å². The third-order valence-corrected chi connectivity index (χ3v) is 2.55. The Morgan fingerprint density at radius 1 is 1.27 bits per heavy atom. The van der Waals surface area contributed by atoms with Crippen molar-refractivity contribution in [3.05, 3.63) is 29.8 Å². The van der Waals surface area contributed by atoms with E-state index in [-0.39, 0.29) is 0 Å². The monoisotopic (exact) mass is 204 g/mol. The van der Waals surface area contributed by atoms with E-state index >= 15 is 0 Å². The average Bonchev–Trinajstić information content (AvgIpc) is 2.80. The van der Waals surface area contributed by atoms with Gasteiger partial charge in [-0.1, -0.05) is 12.1 Å². The summed E-state index contributed by atoms with van der Waals surface area (Å²) in [6.45, 7) is 1.93. The van der Waals surface area contributed by atoms with Crippen LogP contribution in [0.25, 0.3) is 0 Å². The lowest BCUT2D eigenvalue weighted by Gasteiger charge is -2.04. The van der Waals surface area contributed by atoms with Crippen LogP contribution in [0.2, 0.25) is 0 Å². The van der Waals surface area contributed by atoms with E-state index < -0.39 is 0 Å². The van der Waals surface area contributed by atoms with Crippen LogP contribution >= 0.6 is 0 Å². The van der Waals surface area contributed by atoms with Crippen LogP contribution in [-0.4, -0.2) is 26.0 Å². The summed E-state index contributed by atoms with van der Waals surface area (Å²) >= 11 is 0. The maximum atomic E-state index is 5.11. The molecular formula is C12H16N2O. The van der Waals surface area contributed by atoms with Gasteiger partial charge in [-0.3, -0.25) is 4.99 Å². The van der Waals surface area contributed by atoms with Crippen LogP contribution in [0.15, 0.2) is 29.3 Å². The predicted octanol–water partition coefficient (Wildman–Crippen LogP) is 1.63. The maximum absolute atomic E-state index is 5.11. The molecule has 1 aliphatic heterocycles. The summed E-state index contributed by atoms with van der Waals surface area (Å²) in [6.07, 6.45) is 2.04. The summed E-state index contributed by atoms with van der Waals surface area (Å²) in [5.41, 5.74) is 1.33. The van der Waals surface area contributed by atoms with Crippen molar-refractivity contribution in [1.29, 1.82) is 0 Å². The molecular weight excluding hydrogens is 188 g/mol. The van der Waals surface area contributed by atoms with Crippen LogP contribution < -0.4 is 10.1 Å². The van der Waals surface area contributed by atoms with Crippen LogP contribution in [0.5, 0.6) is 5.75 Å². The quantitative estimate of drug-likeness (QED) is 0.808. The molecule has 1 aliphatic rings. The zero-order chi connectivity index (χ0) is 10.5. The summed E-state index contributed by atoms with van der Waals surface area (Å²) in [5, 5.41) is 3.27. The fraction of sp³-hybridized carbons (Fsp3) is 0.417. The van der Waals surface area contributed by atoms with Gasteiger partial charge in [-0.15, -0.1) is 0 Å². The molecule has 0 radical (unpaired) electrons. The largest absolute Gasteiger partial charge is 0.497 e. The minimum absolute atomic E-state index is 0.912. The number of amidine groups is 1. The highest BCUT2D eigenvalue weighted by atomic mass is 16.5. The molecule has 15 heavy (non-hydrogen) atoms. The normalized spacial score (nSPS) is 14.6. The molecule has 0 amide bonds. The number of benzene rings is 1. The Balaban J connectivity index is 1.87. The molecule has 3 nitrogen and oxygen atoms in total. The summed E-state index contributed by atoms with van der Waals surface area (Å²) < 4.78 is 5.11. The van der Waals surface area contributed by atoms with Gasteiger partial charge in [0.1, 0.15) is 5.75 Å². The lowest BCUT2D eigenvalue weighted by Crippen LogP contribution is -2.18. The van der Waals surface area contributed by atoms with E-state index in [4.69, 9.17) is 4.74 Å². The molecule has 1 N–H and O–H groups in total. The first-order valence-corrected chi connectivity index (χ1v) is 5.28. The highest BCUT2D eigenvalue weighted by Gasteiger charge is 2.04. The van der Waals surface area contributed by atoms with Crippen molar-refractivity contribution in [3.8, 4) is 5.75 Å². The number of nitrogens with one attached hydrogen (secondary N) is 1.